The van der Waals surface area contributed by atoms with Gasteiger partial charge in [0.25, 0.3) is 0 Å². The van der Waals surface area contributed by atoms with E-state index >= 15 is 0 Å². The van der Waals surface area contributed by atoms with E-state index in [1.54, 1.807) is 6.92 Å². The normalized spacial score (nSPS) is 34.9. The van der Waals surface area contributed by atoms with E-state index in [0.717, 1.165) is 57.7 Å². The first-order valence-electron chi connectivity index (χ1n) is 7.26. The van der Waals surface area contributed by atoms with Crippen LogP contribution in [0, 0.1) is 11.8 Å². The quantitative estimate of drug-likeness (QED) is 0.561. The van der Waals surface area contributed by atoms with Crippen LogP contribution < -0.4 is 0 Å². The van der Waals surface area contributed by atoms with Gasteiger partial charge in [-0.25, -0.2) is 0 Å². The number of alkyl halides is 2. The summed E-state index contributed by atoms with van der Waals surface area (Å²) in [6, 6.07) is 0. The molecule has 2 saturated carbocycles. The highest BCUT2D eigenvalue weighted by Crippen LogP contribution is 2.27. The van der Waals surface area contributed by atoms with Gasteiger partial charge in [0.1, 0.15) is 12.1 Å². The molecule has 4 heteroatoms. The Morgan fingerprint density at radius 2 is 1.32 bits per heavy atom. The number of hydrogen-bond acceptors (Lipinski definition) is 2. The lowest BCUT2D eigenvalue weighted by atomic mass is 9.86. The van der Waals surface area contributed by atoms with Crippen LogP contribution in [0.2, 0.25) is 0 Å². The molecule has 0 N–H and O–H groups in total. The van der Waals surface area contributed by atoms with Crippen LogP contribution in [0.5, 0.6) is 0 Å². The minimum atomic E-state index is 0.306. The molecule has 0 aromatic rings. The molecule has 19 heavy (non-hydrogen) atoms. The van der Waals surface area contributed by atoms with Crippen molar-refractivity contribution in [3.63, 3.8) is 0 Å². The molecule has 2 aliphatic carbocycles. The molecule has 0 radical (unpaired) electrons. The maximum atomic E-state index is 10.9. The van der Waals surface area contributed by atoms with E-state index in [0.29, 0.717) is 28.4 Å². The number of ketones is 1. The first-order chi connectivity index (χ1) is 9.02. The Kier molecular flexibility index (Phi) is 8.01. The van der Waals surface area contributed by atoms with Gasteiger partial charge in [0, 0.05) is 22.6 Å². The third kappa shape index (κ3) is 6.76. The second-order valence-corrected chi connectivity index (χ2v) is 6.94. The monoisotopic (exact) mass is 306 g/mol. The predicted octanol–water partition coefficient (Wildman–Crippen LogP) is 4.36. The van der Waals surface area contributed by atoms with Crippen molar-refractivity contribution in [3.8, 4) is 0 Å². The second kappa shape index (κ2) is 8.97. The van der Waals surface area contributed by atoms with E-state index in [-0.39, 0.29) is 0 Å². The number of Topliss-reactive ketones (excluding diaryl/α,β-unsaturated/α-hetero) is 1. The molecule has 2 fully saturated rings. The molecule has 110 valence electrons. The fourth-order valence-electron chi connectivity index (χ4n) is 2.67. The van der Waals surface area contributed by atoms with E-state index in [4.69, 9.17) is 23.2 Å². The van der Waals surface area contributed by atoms with Crippen molar-refractivity contribution in [2.45, 2.75) is 69.0 Å². The molecule has 0 aliphatic heterocycles. The highest BCUT2D eigenvalue weighted by atomic mass is 35.5. The Hall–Kier alpha value is -0.0800. The number of carbonyl (C=O) groups excluding carboxylic acids is 2. The molecule has 0 aromatic heterocycles. The van der Waals surface area contributed by atoms with Gasteiger partial charge in [-0.3, -0.25) is 4.79 Å². The second-order valence-electron chi connectivity index (χ2n) is 5.71. The van der Waals surface area contributed by atoms with E-state index < -0.39 is 0 Å². The fraction of sp³-hybridized carbons (Fsp3) is 0.867. The van der Waals surface area contributed by atoms with Crippen molar-refractivity contribution in [2.75, 3.05) is 0 Å². The number of halogens is 2. The zero-order chi connectivity index (χ0) is 14.3. The first-order valence-corrected chi connectivity index (χ1v) is 8.14. The highest BCUT2D eigenvalue weighted by molar-refractivity contribution is 6.20. The molecule has 2 nitrogen and oxygen atoms in total. The molecule has 0 bridgehead atoms. The van der Waals surface area contributed by atoms with Crippen LogP contribution in [0.1, 0.15) is 58.3 Å². The van der Waals surface area contributed by atoms with Crippen LogP contribution in [-0.2, 0) is 9.59 Å². The van der Waals surface area contributed by atoms with E-state index in [1.807, 2.05) is 0 Å². The number of hydrogen-bond donors (Lipinski definition) is 0. The highest BCUT2D eigenvalue weighted by Gasteiger charge is 2.22. The number of carbonyl (C=O) groups is 2. The molecule has 0 amide bonds. The summed E-state index contributed by atoms with van der Waals surface area (Å²) in [4.78, 5) is 21.1. The summed E-state index contributed by atoms with van der Waals surface area (Å²) in [6.07, 6.45) is 9.14. The SMILES string of the molecule is CC(=O)C1CCC(Cl)CC1.O=CC1CCC(Cl)CC1. The molecule has 2 rings (SSSR count). The molecule has 0 saturated heterocycles. The Balaban J connectivity index is 0.000000191. The molecule has 0 aromatic carbocycles. The minimum absolute atomic E-state index is 0.306. The van der Waals surface area contributed by atoms with Gasteiger partial charge < -0.3 is 4.79 Å². The molecule has 0 heterocycles. The topological polar surface area (TPSA) is 34.1 Å². The maximum Gasteiger partial charge on any atom is 0.132 e. The van der Waals surface area contributed by atoms with Gasteiger partial charge in [0.2, 0.25) is 0 Å². The molecule has 2 aliphatic rings. The summed E-state index contributed by atoms with van der Waals surface area (Å²) in [5.41, 5.74) is 0. The smallest absolute Gasteiger partial charge is 0.132 e. The Morgan fingerprint density at radius 1 is 0.895 bits per heavy atom. The Bertz CT molecular complexity index is 278. The molecular weight excluding hydrogens is 283 g/mol. The first kappa shape index (κ1) is 17.0. The summed E-state index contributed by atoms with van der Waals surface area (Å²) >= 11 is 11.7. The van der Waals surface area contributed by atoms with E-state index in [2.05, 4.69) is 0 Å². The largest absolute Gasteiger partial charge is 0.303 e. The van der Waals surface area contributed by atoms with Crippen LogP contribution in [0.3, 0.4) is 0 Å². The summed E-state index contributed by atoms with van der Waals surface area (Å²) < 4.78 is 0. The van der Waals surface area contributed by atoms with E-state index in [9.17, 15) is 9.59 Å². The Labute approximate surface area is 126 Å². The average Bonchev–Trinajstić information content (AvgIpc) is 2.41. The van der Waals surface area contributed by atoms with Crippen molar-refractivity contribution in [3.05, 3.63) is 0 Å². The maximum absolute atomic E-state index is 10.9. The van der Waals surface area contributed by atoms with E-state index in [1.165, 1.54) is 0 Å². The van der Waals surface area contributed by atoms with Crippen molar-refractivity contribution >= 4 is 35.3 Å². The predicted molar refractivity (Wildman–Crippen MR) is 79.9 cm³/mol. The van der Waals surface area contributed by atoms with Gasteiger partial charge in [-0.15, -0.1) is 23.2 Å². The molecule has 0 unspecified atom stereocenters. The third-order valence-electron chi connectivity index (χ3n) is 4.13. The van der Waals surface area contributed by atoms with Crippen molar-refractivity contribution < 1.29 is 9.59 Å². The average molecular weight is 307 g/mol. The van der Waals surface area contributed by atoms with Crippen molar-refractivity contribution in [1.82, 2.24) is 0 Å². The molecular formula is C15H24Cl2O2. The minimum Gasteiger partial charge on any atom is -0.303 e. The third-order valence-corrected chi connectivity index (χ3v) is 5.00. The summed E-state index contributed by atoms with van der Waals surface area (Å²) in [7, 11) is 0. The lowest BCUT2D eigenvalue weighted by molar-refractivity contribution is -0.121. The lowest BCUT2D eigenvalue weighted by Gasteiger charge is -2.22. The summed E-state index contributed by atoms with van der Waals surface area (Å²) in [5.74, 6) is 0.957. The van der Waals surface area contributed by atoms with Crippen molar-refractivity contribution in [1.29, 1.82) is 0 Å². The van der Waals surface area contributed by atoms with Crippen LogP contribution in [-0.4, -0.2) is 22.8 Å². The number of aldehydes is 1. The summed E-state index contributed by atoms with van der Waals surface area (Å²) in [5, 5.41) is 0.664. The molecule has 0 atom stereocenters. The van der Waals surface area contributed by atoms with Gasteiger partial charge >= 0.3 is 0 Å². The van der Waals surface area contributed by atoms with Gasteiger partial charge in [-0.05, 0) is 58.3 Å². The molecule has 0 spiro atoms. The zero-order valence-electron chi connectivity index (χ0n) is 11.6. The van der Waals surface area contributed by atoms with Crippen LogP contribution >= 0.6 is 23.2 Å². The van der Waals surface area contributed by atoms with Gasteiger partial charge in [-0.2, -0.15) is 0 Å². The fourth-order valence-corrected chi connectivity index (χ4v) is 3.18. The Morgan fingerprint density at radius 3 is 1.68 bits per heavy atom. The lowest BCUT2D eigenvalue weighted by Crippen LogP contribution is -2.19. The zero-order valence-corrected chi connectivity index (χ0v) is 13.1. The van der Waals surface area contributed by atoms with Crippen LogP contribution in [0.15, 0.2) is 0 Å². The van der Waals surface area contributed by atoms with Gasteiger partial charge in [0.05, 0.1) is 0 Å². The van der Waals surface area contributed by atoms with Crippen molar-refractivity contribution in [2.24, 2.45) is 11.8 Å². The summed E-state index contributed by atoms with van der Waals surface area (Å²) in [6.45, 7) is 1.68. The van der Waals surface area contributed by atoms with Gasteiger partial charge in [-0.1, -0.05) is 0 Å². The van der Waals surface area contributed by atoms with Crippen LogP contribution in [0.4, 0.5) is 0 Å². The van der Waals surface area contributed by atoms with Crippen LogP contribution in [0.25, 0.3) is 0 Å². The van der Waals surface area contributed by atoms with Gasteiger partial charge in [0.15, 0.2) is 0 Å². The standard InChI is InChI=1S/C8H13ClO.C7H11ClO/c1-6(10)7-2-4-8(9)5-3-7;8-7-3-1-6(5-9)2-4-7/h7-8H,2-5H2,1H3;5-7H,1-4H2. The number of rotatable bonds is 2.